The molecular formula is C17H19BrN2O. The molecular weight excluding hydrogens is 328 g/mol. The average molecular weight is 347 g/mol. The van der Waals surface area contributed by atoms with Crippen LogP contribution in [0.3, 0.4) is 0 Å². The van der Waals surface area contributed by atoms with Crippen molar-refractivity contribution in [3.63, 3.8) is 0 Å². The van der Waals surface area contributed by atoms with Crippen molar-refractivity contribution in [3.05, 3.63) is 58.1 Å². The first-order valence-corrected chi connectivity index (χ1v) is 7.66. The van der Waals surface area contributed by atoms with E-state index < -0.39 is 0 Å². The number of halogens is 1. The Balaban J connectivity index is 2.02. The Labute approximate surface area is 133 Å². The van der Waals surface area contributed by atoms with Crippen molar-refractivity contribution in [2.45, 2.75) is 26.8 Å². The molecule has 3 nitrogen and oxygen atoms in total. The van der Waals surface area contributed by atoms with Gasteiger partial charge in [0.05, 0.1) is 0 Å². The van der Waals surface area contributed by atoms with Crippen LogP contribution in [-0.4, -0.2) is 11.9 Å². The van der Waals surface area contributed by atoms with E-state index in [9.17, 15) is 4.79 Å². The van der Waals surface area contributed by atoms with Crippen molar-refractivity contribution >= 4 is 33.2 Å². The van der Waals surface area contributed by atoms with Crippen LogP contribution >= 0.6 is 15.9 Å². The third kappa shape index (κ3) is 4.08. The van der Waals surface area contributed by atoms with Crippen LogP contribution in [0.1, 0.15) is 18.1 Å². The van der Waals surface area contributed by atoms with Gasteiger partial charge in [-0.3, -0.25) is 4.79 Å². The quantitative estimate of drug-likeness (QED) is 0.855. The van der Waals surface area contributed by atoms with Crippen LogP contribution < -0.4 is 10.6 Å². The van der Waals surface area contributed by atoms with Gasteiger partial charge in [0, 0.05) is 15.8 Å². The van der Waals surface area contributed by atoms with Gasteiger partial charge in [-0.2, -0.15) is 0 Å². The molecule has 21 heavy (non-hydrogen) atoms. The Morgan fingerprint density at radius 3 is 2.48 bits per heavy atom. The van der Waals surface area contributed by atoms with E-state index in [2.05, 4.69) is 26.6 Å². The number of para-hydroxylation sites is 1. The third-order valence-corrected chi connectivity index (χ3v) is 4.23. The molecule has 0 spiro atoms. The SMILES string of the molecule is Cc1cc(NC(C)C(=O)Nc2ccccc2C)ccc1Br. The average Bonchev–Trinajstić information content (AvgIpc) is 2.45. The third-order valence-electron chi connectivity index (χ3n) is 3.34. The fourth-order valence-electron chi connectivity index (χ4n) is 2.00. The predicted octanol–water partition coefficient (Wildman–Crippen LogP) is 4.51. The molecule has 1 unspecified atom stereocenters. The monoisotopic (exact) mass is 346 g/mol. The topological polar surface area (TPSA) is 41.1 Å². The van der Waals surface area contributed by atoms with E-state index >= 15 is 0 Å². The first kappa shape index (κ1) is 15.6. The molecule has 0 fully saturated rings. The van der Waals surface area contributed by atoms with Gasteiger partial charge in [-0.25, -0.2) is 0 Å². The van der Waals surface area contributed by atoms with Crippen LogP contribution in [0.25, 0.3) is 0 Å². The summed E-state index contributed by atoms with van der Waals surface area (Å²) in [6, 6.07) is 13.4. The molecule has 110 valence electrons. The minimum absolute atomic E-state index is 0.0510. The molecule has 0 aromatic heterocycles. The van der Waals surface area contributed by atoms with Gasteiger partial charge in [0.1, 0.15) is 6.04 Å². The molecule has 2 rings (SSSR count). The summed E-state index contributed by atoms with van der Waals surface area (Å²) in [5.41, 5.74) is 3.97. The second-order valence-electron chi connectivity index (χ2n) is 5.13. The molecule has 0 radical (unpaired) electrons. The molecule has 2 aromatic rings. The largest absolute Gasteiger partial charge is 0.374 e. The predicted molar refractivity (Wildman–Crippen MR) is 91.8 cm³/mol. The summed E-state index contributed by atoms with van der Waals surface area (Å²) in [6.07, 6.45) is 0. The molecule has 2 N–H and O–H groups in total. The molecule has 0 bridgehead atoms. The number of hydrogen-bond donors (Lipinski definition) is 2. The molecule has 0 saturated carbocycles. The maximum Gasteiger partial charge on any atom is 0.246 e. The number of carbonyl (C=O) groups is 1. The van der Waals surface area contributed by atoms with Gasteiger partial charge < -0.3 is 10.6 Å². The summed E-state index contributed by atoms with van der Waals surface area (Å²) in [6.45, 7) is 5.85. The Kier molecular flexibility index (Phi) is 5.02. The lowest BCUT2D eigenvalue weighted by Crippen LogP contribution is -2.32. The lowest BCUT2D eigenvalue weighted by Gasteiger charge is -2.17. The molecule has 0 aliphatic heterocycles. The normalized spacial score (nSPS) is 11.8. The fourth-order valence-corrected chi connectivity index (χ4v) is 2.25. The van der Waals surface area contributed by atoms with E-state index in [1.807, 2.05) is 63.2 Å². The zero-order valence-electron chi connectivity index (χ0n) is 12.4. The van der Waals surface area contributed by atoms with Crippen molar-refractivity contribution in [1.82, 2.24) is 0 Å². The molecule has 2 aromatic carbocycles. The van der Waals surface area contributed by atoms with Crippen LogP contribution in [0.4, 0.5) is 11.4 Å². The Bertz CT molecular complexity index is 655. The summed E-state index contributed by atoms with van der Waals surface area (Å²) in [5.74, 6) is -0.0510. The first-order valence-electron chi connectivity index (χ1n) is 6.86. The van der Waals surface area contributed by atoms with E-state index in [-0.39, 0.29) is 11.9 Å². The van der Waals surface area contributed by atoms with E-state index in [1.54, 1.807) is 0 Å². The molecule has 0 aliphatic carbocycles. The number of rotatable bonds is 4. The molecule has 1 atom stereocenters. The minimum atomic E-state index is -0.315. The van der Waals surface area contributed by atoms with E-state index in [0.29, 0.717) is 0 Å². The maximum absolute atomic E-state index is 12.2. The van der Waals surface area contributed by atoms with Crippen molar-refractivity contribution in [1.29, 1.82) is 0 Å². The Morgan fingerprint density at radius 1 is 1.10 bits per heavy atom. The summed E-state index contributed by atoms with van der Waals surface area (Å²) in [5, 5.41) is 6.16. The van der Waals surface area contributed by atoms with Gasteiger partial charge in [-0.15, -0.1) is 0 Å². The molecule has 1 amide bonds. The second kappa shape index (κ2) is 6.76. The molecule has 0 aliphatic rings. The highest BCUT2D eigenvalue weighted by Crippen LogP contribution is 2.21. The van der Waals surface area contributed by atoms with Crippen LogP contribution in [-0.2, 0) is 4.79 Å². The Hall–Kier alpha value is -1.81. The molecule has 0 saturated heterocycles. The summed E-state index contributed by atoms with van der Waals surface area (Å²) in [7, 11) is 0. The zero-order valence-corrected chi connectivity index (χ0v) is 14.0. The number of nitrogens with one attached hydrogen (secondary N) is 2. The smallest absolute Gasteiger partial charge is 0.246 e. The van der Waals surface area contributed by atoms with Gasteiger partial charge in [0.2, 0.25) is 5.91 Å². The number of anilines is 2. The fraction of sp³-hybridized carbons (Fsp3) is 0.235. The number of carbonyl (C=O) groups excluding carboxylic acids is 1. The first-order chi connectivity index (χ1) is 9.97. The van der Waals surface area contributed by atoms with Gasteiger partial charge in [-0.1, -0.05) is 34.1 Å². The number of hydrogen-bond acceptors (Lipinski definition) is 2. The van der Waals surface area contributed by atoms with E-state index in [1.165, 1.54) is 0 Å². The van der Waals surface area contributed by atoms with Crippen molar-refractivity contribution in [3.8, 4) is 0 Å². The maximum atomic E-state index is 12.2. The highest BCUT2D eigenvalue weighted by Gasteiger charge is 2.13. The van der Waals surface area contributed by atoms with E-state index in [0.717, 1.165) is 27.0 Å². The zero-order chi connectivity index (χ0) is 15.4. The summed E-state index contributed by atoms with van der Waals surface area (Å²) >= 11 is 3.47. The standard InChI is InChI=1S/C17H19BrN2O/c1-11-6-4-5-7-16(11)20-17(21)13(3)19-14-8-9-15(18)12(2)10-14/h4-10,13,19H,1-3H3,(H,20,21). The second-order valence-corrected chi connectivity index (χ2v) is 5.99. The van der Waals surface area contributed by atoms with Gasteiger partial charge in [0.15, 0.2) is 0 Å². The van der Waals surface area contributed by atoms with Gasteiger partial charge >= 0.3 is 0 Å². The molecule has 4 heteroatoms. The lowest BCUT2D eigenvalue weighted by molar-refractivity contribution is -0.116. The number of amides is 1. The van der Waals surface area contributed by atoms with Crippen LogP contribution in [0, 0.1) is 13.8 Å². The van der Waals surface area contributed by atoms with Crippen LogP contribution in [0.5, 0.6) is 0 Å². The lowest BCUT2D eigenvalue weighted by atomic mass is 10.2. The highest BCUT2D eigenvalue weighted by atomic mass is 79.9. The minimum Gasteiger partial charge on any atom is -0.374 e. The van der Waals surface area contributed by atoms with Crippen LogP contribution in [0.15, 0.2) is 46.9 Å². The van der Waals surface area contributed by atoms with Crippen LogP contribution in [0.2, 0.25) is 0 Å². The summed E-state index contributed by atoms with van der Waals surface area (Å²) in [4.78, 5) is 12.2. The number of benzene rings is 2. The number of aryl methyl sites for hydroxylation is 2. The van der Waals surface area contributed by atoms with Crippen molar-refractivity contribution in [2.24, 2.45) is 0 Å². The molecule has 0 heterocycles. The van der Waals surface area contributed by atoms with Gasteiger partial charge in [-0.05, 0) is 56.2 Å². The van der Waals surface area contributed by atoms with Crippen molar-refractivity contribution < 1.29 is 4.79 Å². The van der Waals surface area contributed by atoms with Crippen molar-refractivity contribution in [2.75, 3.05) is 10.6 Å². The van der Waals surface area contributed by atoms with Gasteiger partial charge in [0.25, 0.3) is 0 Å². The Morgan fingerprint density at radius 2 is 1.81 bits per heavy atom. The van der Waals surface area contributed by atoms with E-state index in [4.69, 9.17) is 0 Å². The summed E-state index contributed by atoms with van der Waals surface area (Å²) < 4.78 is 1.06. The highest BCUT2D eigenvalue weighted by molar-refractivity contribution is 9.10.